The van der Waals surface area contributed by atoms with Crippen molar-refractivity contribution in [3.8, 4) is 0 Å². The molecule has 2 atom stereocenters. The lowest BCUT2D eigenvalue weighted by Gasteiger charge is -2.31. The van der Waals surface area contributed by atoms with Gasteiger partial charge in [0.1, 0.15) is 6.10 Å². The van der Waals surface area contributed by atoms with Crippen LogP contribution in [0.4, 0.5) is 5.69 Å². The fourth-order valence-corrected chi connectivity index (χ4v) is 4.83. The van der Waals surface area contributed by atoms with Gasteiger partial charge < -0.3 is 4.74 Å². The largest absolute Gasteiger partial charge is 0.469 e. The van der Waals surface area contributed by atoms with Crippen LogP contribution in [0.25, 0.3) is 0 Å². The molecule has 3 nitrogen and oxygen atoms in total. The van der Waals surface area contributed by atoms with Crippen molar-refractivity contribution in [3.05, 3.63) is 59.9 Å². The normalized spacial score (nSPS) is 23.1. The van der Waals surface area contributed by atoms with Crippen molar-refractivity contribution in [2.75, 3.05) is 0 Å². The third-order valence-corrected chi connectivity index (χ3v) is 6.36. The Morgan fingerprint density at radius 1 is 1.07 bits per heavy atom. The molecule has 0 bridgehead atoms. The maximum absolute atomic E-state index is 6.42. The van der Waals surface area contributed by atoms with Gasteiger partial charge in [-0.2, -0.15) is 0 Å². The van der Waals surface area contributed by atoms with Crippen LogP contribution in [-0.2, 0) is 15.9 Å². The minimum absolute atomic E-state index is 0.177. The Morgan fingerprint density at radius 2 is 1.76 bits per heavy atom. The first-order valence-electron chi connectivity index (χ1n) is 10.7. The van der Waals surface area contributed by atoms with E-state index in [0.717, 1.165) is 29.5 Å². The molecule has 1 aliphatic rings. The number of nitrogens with zero attached hydrogens (tertiary/aromatic N) is 2. The van der Waals surface area contributed by atoms with Gasteiger partial charge in [0.15, 0.2) is 0 Å². The van der Waals surface area contributed by atoms with E-state index in [1.807, 2.05) is 12.1 Å². The molecule has 1 aliphatic carbocycles. The molecule has 2 unspecified atom stereocenters. The van der Waals surface area contributed by atoms with E-state index < -0.39 is 0 Å². The fourth-order valence-electron chi connectivity index (χ4n) is 3.98. The van der Waals surface area contributed by atoms with Gasteiger partial charge in [0, 0.05) is 11.9 Å². The number of rotatable bonds is 4. The summed E-state index contributed by atoms with van der Waals surface area (Å²) in [6.07, 6.45) is 7.32. The minimum Gasteiger partial charge on any atom is -0.469 e. The molecule has 0 saturated heterocycles. The van der Waals surface area contributed by atoms with E-state index in [1.54, 1.807) is 24.2 Å². The molecule has 29 heavy (non-hydrogen) atoms. The maximum atomic E-state index is 6.42. The second-order valence-electron chi connectivity index (χ2n) is 9.48. The van der Waals surface area contributed by atoms with E-state index in [0.29, 0.717) is 11.8 Å². The molecule has 156 valence electrons. The predicted molar refractivity (Wildman–Crippen MR) is 125 cm³/mol. The Bertz CT molecular complexity index is 786. The number of ether oxygens (including phenoxy) is 1. The lowest BCUT2D eigenvalue weighted by atomic mass is 9.82. The molecule has 2 aromatic rings. The van der Waals surface area contributed by atoms with Crippen molar-refractivity contribution in [3.63, 3.8) is 0 Å². The topological polar surface area (TPSA) is 34.5 Å². The molecule has 0 spiro atoms. The van der Waals surface area contributed by atoms with Crippen LogP contribution in [-0.4, -0.2) is 16.3 Å². The highest BCUT2D eigenvalue weighted by atomic mass is 32.2. The highest BCUT2D eigenvalue weighted by Gasteiger charge is 2.26. The second-order valence-corrected chi connectivity index (χ2v) is 10.4. The third-order valence-electron chi connectivity index (χ3n) is 5.45. The van der Waals surface area contributed by atoms with Gasteiger partial charge in [-0.3, -0.25) is 4.98 Å². The van der Waals surface area contributed by atoms with Gasteiger partial charge in [-0.1, -0.05) is 70.6 Å². The summed E-state index contributed by atoms with van der Waals surface area (Å²) in [5.74, 6) is 2.26. The molecular formula is C25H34N2OS. The molecule has 0 N–H and O–H groups in total. The van der Waals surface area contributed by atoms with Crippen LogP contribution in [0.3, 0.4) is 0 Å². The summed E-state index contributed by atoms with van der Waals surface area (Å²) < 4.78 is 6.42. The Kier molecular flexibility index (Phi) is 7.39. The van der Waals surface area contributed by atoms with Crippen LogP contribution in [0.1, 0.15) is 65.0 Å². The minimum atomic E-state index is 0.177. The Morgan fingerprint density at radius 3 is 2.34 bits per heavy atom. The molecular weight excluding hydrogens is 376 g/mol. The number of hydrogen-bond donors (Lipinski definition) is 0. The number of pyridine rings is 1. The summed E-state index contributed by atoms with van der Waals surface area (Å²) in [7, 11) is 0. The fraction of sp³-hybridized carbons (Fsp3) is 0.520. The summed E-state index contributed by atoms with van der Waals surface area (Å²) in [5.41, 5.74) is 3.67. The van der Waals surface area contributed by atoms with Crippen LogP contribution >= 0.6 is 11.8 Å². The van der Waals surface area contributed by atoms with Gasteiger partial charge in [-0.25, -0.2) is 4.99 Å². The van der Waals surface area contributed by atoms with Crippen molar-refractivity contribution in [1.29, 1.82) is 0 Å². The summed E-state index contributed by atoms with van der Waals surface area (Å²) >= 11 is 1.68. The summed E-state index contributed by atoms with van der Waals surface area (Å²) in [6, 6.07) is 12.8. The maximum Gasteiger partial charge on any atom is 0.251 e. The quantitative estimate of drug-likeness (QED) is 0.397. The van der Waals surface area contributed by atoms with Crippen molar-refractivity contribution < 1.29 is 4.74 Å². The molecule has 1 fully saturated rings. The Balaban J connectivity index is 1.70. The van der Waals surface area contributed by atoms with E-state index in [-0.39, 0.29) is 11.5 Å². The number of thioether (sulfide) groups is 1. The second kappa shape index (κ2) is 9.80. The molecule has 1 heterocycles. The van der Waals surface area contributed by atoms with E-state index in [2.05, 4.69) is 63.9 Å². The first kappa shape index (κ1) is 21.9. The molecule has 1 aromatic carbocycles. The average Bonchev–Trinajstić information content (AvgIpc) is 2.66. The van der Waals surface area contributed by atoms with Crippen LogP contribution in [0.2, 0.25) is 0 Å². The average molecular weight is 411 g/mol. The smallest absolute Gasteiger partial charge is 0.251 e. The van der Waals surface area contributed by atoms with Gasteiger partial charge in [0.2, 0.25) is 0 Å². The Labute approximate surface area is 180 Å². The zero-order valence-electron chi connectivity index (χ0n) is 18.4. The number of benzene rings is 1. The zero-order chi connectivity index (χ0) is 20.9. The zero-order valence-corrected chi connectivity index (χ0v) is 19.2. The van der Waals surface area contributed by atoms with Gasteiger partial charge in [-0.05, 0) is 59.8 Å². The highest BCUT2D eigenvalue weighted by Crippen LogP contribution is 2.32. The van der Waals surface area contributed by atoms with E-state index in [4.69, 9.17) is 9.73 Å². The van der Waals surface area contributed by atoms with Crippen molar-refractivity contribution >= 4 is 22.7 Å². The Hall–Kier alpha value is -1.81. The first-order chi connectivity index (χ1) is 13.8. The van der Waals surface area contributed by atoms with Crippen LogP contribution in [0.5, 0.6) is 0 Å². The highest BCUT2D eigenvalue weighted by molar-refractivity contribution is 8.12. The monoisotopic (exact) mass is 410 g/mol. The van der Waals surface area contributed by atoms with Crippen LogP contribution in [0, 0.1) is 11.8 Å². The summed E-state index contributed by atoms with van der Waals surface area (Å²) in [4.78, 5) is 8.96. The summed E-state index contributed by atoms with van der Waals surface area (Å²) in [6.45, 7) is 11.4. The number of aromatic nitrogens is 1. The standard InChI is InChI=1S/C25H34N2OS/c1-18-13-19(2)15-23(14-18)28-24(27-22-7-6-12-26-16-22)29-17-20-8-10-21(11-9-20)25(3,4)5/h6-12,16,18-19,23H,13-15,17H2,1-5H3. The molecule has 1 saturated carbocycles. The molecule has 1 aromatic heterocycles. The van der Waals surface area contributed by atoms with Crippen molar-refractivity contribution in [2.24, 2.45) is 16.8 Å². The van der Waals surface area contributed by atoms with Crippen molar-refractivity contribution in [2.45, 2.75) is 71.2 Å². The lowest BCUT2D eigenvalue weighted by molar-refractivity contribution is 0.0954. The lowest BCUT2D eigenvalue weighted by Crippen LogP contribution is -2.27. The van der Waals surface area contributed by atoms with Crippen molar-refractivity contribution in [1.82, 2.24) is 4.98 Å². The van der Waals surface area contributed by atoms with Gasteiger partial charge in [-0.15, -0.1) is 0 Å². The molecule has 0 aliphatic heterocycles. The number of hydrogen-bond acceptors (Lipinski definition) is 4. The third kappa shape index (κ3) is 6.88. The number of aliphatic imine (C=N–C) groups is 1. The summed E-state index contributed by atoms with van der Waals surface area (Å²) in [5, 5.41) is 0.754. The van der Waals surface area contributed by atoms with Gasteiger partial charge >= 0.3 is 0 Å². The molecule has 0 radical (unpaired) electrons. The van der Waals surface area contributed by atoms with Crippen LogP contribution in [0.15, 0.2) is 53.8 Å². The van der Waals surface area contributed by atoms with Crippen LogP contribution < -0.4 is 0 Å². The molecule has 3 rings (SSSR count). The first-order valence-corrected chi connectivity index (χ1v) is 11.7. The van der Waals surface area contributed by atoms with Gasteiger partial charge in [0.25, 0.3) is 5.23 Å². The van der Waals surface area contributed by atoms with E-state index >= 15 is 0 Å². The predicted octanol–water partition coefficient (Wildman–Crippen LogP) is 7.14. The SMILES string of the molecule is CC1CC(C)CC(OC(=Nc2cccnc2)SCc2ccc(C(C)(C)C)cc2)C1. The van der Waals surface area contributed by atoms with E-state index in [1.165, 1.54) is 17.5 Å². The van der Waals surface area contributed by atoms with E-state index in [9.17, 15) is 0 Å². The van der Waals surface area contributed by atoms with Gasteiger partial charge in [0.05, 0.1) is 11.9 Å². The molecule has 4 heteroatoms. The molecule has 0 amide bonds.